The summed E-state index contributed by atoms with van der Waals surface area (Å²) >= 11 is 0. The first-order chi connectivity index (χ1) is 22.3. The van der Waals surface area contributed by atoms with Gasteiger partial charge in [-0.3, -0.25) is 0 Å². The van der Waals surface area contributed by atoms with Gasteiger partial charge in [0, 0.05) is 28.1 Å². The Labute approximate surface area is 257 Å². The van der Waals surface area contributed by atoms with Gasteiger partial charge in [-0.1, -0.05) is 115 Å². The lowest BCUT2D eigenvalue weighted by Gasteiger charge is -2.14. The molecular weight excluding hydrogens is 552 g/mol. The Kier molecular flexibility index (Phi) is 4.93. The molecule has 10 aromatic rings. The van der Waals surface area contributed by atoms with E-state index in [0.717, 1.165) is 49.4 Å². The summed E-state index contributed by atoms with van der Waals surface area (Å²) in [6.07, 6.45) is 1.83. The second-order valence-corrected chi connectivity index (χ2v) is 11.5. The van der Waals surface area contributed by atoms with Gasteiger partial charge in [0.2, 0.25) is 5.71 Å². The van der Waals surface area contributed by atoms with Crippen molar-refractivity contribution in [2.24, 2.45) is 0 Å². The summed E-state index contributed by atoms with van der Waals surface area (Å²) in [5.41, 5.74) is 6.33. The van der Waals surface area contributed by atoms with Crippen LogP contribution in [0, 0.1) is 0 Å². The first-order valence-corrected chi connectivity index (χ1v) is 15.0. The van der Waals surface area contributed by atoms with Crippen molar-refractivity contribution in [1.82, 2.24) is 19.9 Å². The summed E-state index contributed by atoms with van der Waals surface area (Å²) in [6, 6.07) is 43.9. The van der Waals surface area contributed by atoms with Gasteiger partial charge in [-0.05, 0) is 50.2 Å². The lowest BCUT2D eigenvalue weighted by molar-refractivity contribution is 0.655. The third-order valence-electron chi connectivity index (χ3n) is 8.91. The molecule has 0 spiro atoms. The Morgan fingerprint density at radius 1 is 0.422 bits per heavy atom. The molecule has 45 heavy (non-hydrogen) atoms. The number of nitrogens with zero attached hydrogens (tertiary/aromatic N) is 4. The molecule has 0 atom stereocenters. The van der Waals surface area contributed by atoms with E-state index in [1.807, 2.05) is 42.6 Å². The van der Waals surface area contributed by atoms with E-state index in [9.17, 15) is 0 Å². The molecule has 10 rings (SSSR count). The summed E-state index contributed by atoms with van der Waals surface area (Å²) in [4.78, 5) is 19.8. The number of hydrogen-bond acceptors (Lipinski definition) is 5. The van der Waals surface area contributed by atoms with Crippen molar-refractivity contribution in [2.75, 3.05) is 0 Å². The zero-order chi connectivity index (χ0) is 29.5. The summed E-state index contributed by atoms with van der Waals surface area (Å²) < 4.78 is 6.61. The largest absolute Gasteiger partial charge is 0.437 e. The molecule has 208 valence electrons. The fraction of sp³-hybridized carbons (Fsp3) is 0. The number of furan rings is 1. The lowest BCUT2D eigenvalue weighted by Crippen LogP contribution is -2.00. The van der Waals surface area contributed by atoms with Crippen LogP contribution >= 0.6 is 0 Å². The molecule has 0 aliphatic heterocycles. The van der Waals surface area contributed by atoms with Crippen LogP contribution in [0.1, 0.15) is 0 Å². The molecule has 0 saturated heterocycles. The van der Waals surface area contributed by atoms with Crippen LogP contribution in [-0.2, 0) is 0 Å². The van der Waals surface area contributed by atoms with Gasteiger partial charge >= 0.3 is 0 Å². The van der Waals surface area contributed by atoms with E-state index in [0.29, 0.717) is 23.2 Å². The van der Waals surface area contributed by atoms with E-state index >= 15 is 0 Å². The van der Waals surface area contributed by atoms with Crippen LogP contribution in [0.25, 0.3) is 99.7 Å². The normalized spacial score (nSPS) is 12.0. The SMILES string of the molecule is c1ccc(-c2ccc(-c3nc(-c4ccccc4)nc(-c4cc5ccc6cccc7c8ccnc9oc4c(c98)c5c67)n3)cc2)cc1. The highest BCUT2D eigenvalue weighted by molar-refractivity contribution is 6.40. The van der Waals surface area contributed by atoms with Gasteiger partial charge in [-0.25, -0.2) is 19.9 Å². The molecule has 0 aliphatic carbocycles. The quantitative estimate of drug-likeness (QED) is 0.155. The maximum Gasteiger partial charge on any atom is 0.227 e. The van der Waals surface area contributed by atoms with E-state index in [1.165, 1.54) is 27.1 Å². The van der Waals surface area contributed by atoms with Crippen LogP contribution in [0.3, 0.4) is 0 Å². The van der Waals surface area contributed by atoms with E-state index in [4.69, 9.17) is 19.4 Å². The van der Waals surface area contributed by atoms with Crippen molar-refractivity contribution in [3.63, 3.8) is 0 Å². The monoisotopic (exact) mass is 574 g/mol. The molecular formula is C40H22N4O. The first-order valence-electron chi connectivity index (χ1n) is 15.0. The van der Waals surface area contributed by atoms with Crippen molar-refractivity contribution in [1.29, 1.82) is 0 Å². The molecule has 5 heteroatoms. The van der Waals surface area contributed by atoms with Gasteiger partial charge in [-0.15, -0.1) is 0 Å². The summed E-state index contributed by atoms with van der Waals surface area (Å²) in [7, 11) is 0. The minimum atomic E-state index is 0.562. The molecule has 0 saturated carbocycles. The second-order valence-electron chi connectivity index (χ2n) is 11.5. The average molecular weight is 575 g/mol. The third kappa shape index (κ3) is 3.55. The fourth-order valence-corrected chi connectivity index (χ4v) is 6.86. The molecule has 0 amide bonds. The van der Waals surface area contributed by atoms with Crippen molar-refractivity contribution < 1.29 is 4.42 Å². The molecule has 3 aromatic heterocycles. The molecule has 0 N–H and O–H groups in total. The van der Waals surface area contributed by atoms with E-state index in [-0.39, 0.29) is 0 Å². The minimum absolute atomic E-state index is 0.562. The minimum Gasteiger partial charge on any atom is -0.437 e. The van der Waals surface area contributed by atoms with E-state index in [1.54, 1.807) is 0 Å². The molecule has 3 heterocycles. The molecule has 0 fully saturated rings. The fourth-order valence-electron chi connectivity index (χ4n) is 6.86. The molecule has 5 nitrogen and oxygen atoms in total. The maximum absolute atomic E-state index is 6.61. The number of pyridine rings is 1. The number of hydrogen-bond donors (Lipinski definition) is 0. The molecule has 0 aliphatic rings. The Balaban J connectivity index is 1.25. The number of aromatic nitrogens is 4. The first kappa shape index (κ1) is 24.3. The Hall–Kier alpha value is -6.20. The van der Waals surface area contributed by atoms with Gasteiger partial charge in [0.25, 0.3) is 0 Å². The van der Waals surface area contributed by atoms with Crippen LogP contribution in [0.2, 0.25) is 0 Å². The summed E-state index contributed by atoms with van der Waals surface area (Å²) in [5, 5.41) is 9.22. The average Bonchev–Trinajstić information content (AvgIpc) is 3.51. The van der Waals surface area contributed by atoms with Crippen LogP contribution in [0.15, 0.2) is 138 Å². The highest BCUT2D eigenvalue weighted by Crippen LogP contribution is 2.48. The predicted molar refractivity (Wildman–Crippen MR) is 182 cm³/mol. The van der Waals surface area contributed by atoms with Gasteiger partial charge in [0.05, 0.1) is 10.9 Å². The molecule has 0 unspecified atom stereocenters. The predicted octanol–water partition coefficient (Wildman–Crippen LogP) is 10.2. The zero-order valence-electron chi connectivity index (χ0n) is 23.9. The highest BCUT2D eigenvalue weighted by Gasteiger charge is 2.25. The van der Waals surface area contributed by atoms with Crippen molar-refractivity contribution >= 4 is 54.4 Å². The number of benzene rings is 7. The van der Waals surface area contributed by atoms with Crippen molar-refractivity contribution in [3.05, 3.63) is 134 Å². The Morgan fingerprint density at radius 3 is 1.82 bits per heavy atom. The van der Waals surface area contributed by atoms with E-state index in [2.05, 4.69) is 96.0 Å². The zero-order valence-corrected chi connectivity index (χ0v) is 23.9. The number of rotatable bonds is 4. The smallest absolute Gasteiger partial charge is 0.227 e. The third-order valence-corrected chi connectivity index (χ3v) is 8.91. The lowest BCUT2D eigenvalue weighted by atomic mass is 9.89. The topological polar surface area (TPSA) is 64.7 Å². The van der Waals surface area contributed by atoms with Crippen LogP contribution in [-0.4, -0.2) is 19.9 Å². The summed E-state index contributed by atoms with van der Waals surface area (Å²) in [6.45, 7) is 0. The molecule has 0 bridgehead atoms. The van der Waals surface area contributed by atoms with Crippen molar-refractivity contribution in [2.45, 2.75) is 0 Å². The Bertz CT molecular complexity index is 2680. The Morgan fingerprint density at radius 2 is 1.04 bits per heavy atom. The van der Waals surface area contributed by atoms with Gasteiger partial charge < -0.3 is 4.42 Å². The van der Waals surface area contributed by atoms with Gasteiger partial charge in [-0.2, -0.15) is 0 Å². The molecule has 7 aromatic carbocycles. The van der Waals surface area contributed by atoms with Crippen molar-refractivity contribution in [3.8, 4) is 45.3 Å². The van der Waals surface area contributed by atoms with Gasteiger partial charge in [0.15, 0.2) is 17.5 Å². The molecule has 0 radical (unpaired) electrons. The summed E-state index contributed by atoms with van der Waals surface area (Å²) in [5.74, 6) is 1.78. The van der Waals surface area contributed by atoms with E-state index < -0.39 is 0 Å². The standard InChI is InChI=1S/C40H22N4O/c1-3-8-23(9-4-1)24-14-17-27(18-15-24)38-42-37(26-10-5-2-6-11-26)43-39(44-38)31-22-28-19-16-25-12-7-13-29-30-20-21-41-40-34(30)35(36(31)45-40)33(28)32(25)29/h1-22H. The van der Waals surface area contributed by atoms with Crippen LogP contribution < -0.4 is 0 Å². The number of fused-ring (bicyclic) bond motifs is 1. The van der Waals surface area contributed by atoms with Crippen LogP contribution in [0.5, 0.6) is 0 Å². The van der Waals surface area contributed by atoms with Gasteiger partial charge in [0.1, 0.15) is 5.58 Å². The highest BCUT2D eigenvalue weighted by atomic mass is 16.3. The van der Waals surface area contributed by atoms with Crippen LogP contribution in [0.4, 0.5) is 0 Å². The second kappa shape index (κ2) is 9.15. The maximum atomic E-state index is 6.61.